The van der Waals surface area contributed by atoms with Gasteiger partial charge in [0.05, 0.1) is 11.8 Å². The minimum atomic E-state index is -0.294. The van der Waals surface area contributed by atoms with Gasteiger partial charge in [-0.25, -0.2) is 5.43 Å². The third-order valence-corrected chi connectivity index (χ3v) is 3.40. The van der Waals surface area contributed by atoms with E-state index >= 15 is 0 Å². The van der Waals surface area contributed by atoms with E-state index in [9.17, 15) is 4.79 Å². The zero-order chi connectivity index (χ0) is 13.9. The van der Waals surface area contributed by atoms with Gasteiger partial charge in [0.1, 0.15) is 11.5 Å². The number of hydrazone groups is 1. The molecule has 0 bridgehead atoms. The van der Waals surface area contributed by atoms with E-state index in [1.165, 1.54) is 18.8 Å². The van der Waals surface area contributed by atoms with E-state index in [4.69, 9.17) is 4.42 Å². The van der Waals surface area contributed by atoms with Crippen molar-refractivity contribution in [2.24, 2.45) is 11.0 Å². The van der Waals surface area contributed by atoms with Crippen LogP contribution in [0, 0.1) is 5.92 Å². The van der Waals surface area contributed by atoms with Gasteiger partial charge in [0, 0.05) is 18.3 Å². The molecular weight excluding hydrogens is 254 g/mol. The van der Waals surface area contributed by atoms with Crippen LogP contribution in [-0.2, 0) is 0 Å². The average molecular weight is 269 g/mol. The fourth-order valence-corrected chi connectivity index (χ4v) is 2.07. The van der Waals surface area contributed by atoms with Gasteiger partial charge in [0.15, 0.2) is 0 Å². The van der Waals surface area contributed by atoms with Gasteiger partial charge < -0.3 is 4.42 Å². The molecule has 0 aromatic carbocycles. The molecule has 2 heterocycles. The van der Waals surface area contributed by atoms with E-state index in [1.807, 2.05) is 12.1 Å². The standard InChI is InChI=1S/C15H15N3O2/c1-10-7-13(10)14-5-4-12(20-14)9-17-18-15(19)11-3-2-6-16-8-11/h2-6,8-10,13H,7H2,1H3,(H,18,19)/b17-9-/t10-,13+/m0/s1. The van der Waals surface area contributed by atoms with E-state index < -0.39 is 0 Å². The molecule has 1 aliphatic rings. The summed E-state index contributed by atoms with van der Waals surface area (Å²) >= 11 is 0. The Labute approximate surface area is 116 Å². The highest BCUT2D eigenvalue weighted by atomic mass is 16.3. The summed E-state index contributed by atoms with van der Waals surface area (Å²) in [5.41, 5.74) is 2.91. The maximum absolute atomic E-state index is 11.7. The summed E-state index contributed by atoms with van der Waals surface area (Å²) in [4.78, 5) is 15.6. The second kappa shape index (κ2) is 5.28. The van der Waals surface area contributed by atoms with Gasteiger partial charge >= 0.3 is 0 Å². The quantitative estimate of drug-likeness (QED) is 0.685. The van der Waals surface area contributed by atoms with Crippen molar-refractivity contribution in [2.75, 3.05) is 0 Å². The largest absolute Gasteiger partial charge is 0.460 e. The van der Waals surface area contributed by atoms with E-state index in [0.29, 0.717) is 23.2 Å². The zero-order valence-electron chi connectivity index (χ0n) is 11.1. The van der Waals surface area contributed by atoms with Crippen LogP contribution in [0.15, 0.2) is 46.2 Å². The summed E-state index contributed by atoms with van der Waals surface area (Å²) in [6.45, 7) is 2.20. The number of nitrogens with one attached hydrogen (secondary N) is 1. The number of aromatic nitrogens is 1. The number of rotatable bonds is 4. The van der Waals surface area contributed by atoms with Crippen LogP contribution >= 0.6 is 0 Å². The molecule has 0 unspecified atom stereocenters. The molecule has 2 aromatic heterocycles. The van der Waals surface area contributed by atoms with Crippen LogP contribution in [0.25, 0.3) is 0 Å². The van der Waals surface area contributed by atoms with Gasteiger partial charge in [-0.1, -0.05) is 6.92 Å². The molecular formula is C15H15N3O2. The second-order valence-electron chi connectivity index (χ2n) is 5.00. The smallest absolute Gasteiger partial charge is 0.272 e. The Morgan fingerprint density at radius 1 is 1.50 bits per heavy atom. The molecule has 102 valence electrons. The first-order valence-electron chi connectivity index (χ1n) is 6.57. The summed E-state index contributed by atoms with van der Waals surface area (Å²) in [6, 6.07) is 7.21. The van der Waals surface area contributed by atoms with Crippen molar-refractivity contribution in [1.82, 2.24) is 10.4 Å². The fraction of sp³-hybridized carbons (Fsp3) is 0.267. The molecule has 1 saturated carbocycles. The molecule has 0 saturated heterocycles. The van der Waals surface area contributed by atoms with Crippen LogP contribution in [0.4, 0.5) is 0 Å². The Bertz CT molecular complexity index is 634. The predicted molar refractivity (Wildman–Crippen MR) is 74.5 cm³/mol. The molecule has 0 spiro atoms. The number of nitrogens with zero attached hydrogens (tertiary/aromatic N) is 2. The maximum Gasteiger partial charge on any atom is 0.272 e. The maximum atomic E-state index is 11.7. The van der Waals surface area contributed by atoms with Crippen LogP contribution in [0.1, 0.15) is 41.1 Å². The summed E-state index contributed by atoms with van der Waals surface area (Å²) in [5, 5.41) is 3.88. The number of furan rings is 1. The first-order chi connectivity index (χ1) is 9.74. The Morgan fingerprint density at radius 2 is 2.35 bits per heavy atom. The zero-order valence-corrected chi connectivity index (χ0v) is 11.1. The molecule has 3 rings (SSSR count). The van der Waals surface area contributed by atoms with Gasteiger partial charge in [0.2, 0.25) is 0 Å². The van der Waals surface area contributed by atoms with Crippen molar-refractivity contribution in [1.29, 1.82) is 0 Å². The van der Waals surface area contributed by atoms with Crippen molar-refractivity contribution < 1.29 is 9.21 Å². The monoisotopic (exact) mass is 269 g/mol. The van der Waals surface area contributed by atoms with Crippen molar-refractivity contribution in [3.05, 3.63) is 53.7 Å². The Hall–Kier alpha value is -2.43. The molecule has 5 nitrogen and oxygen atoms in total. The molecule has 1 N–H and O–H groups in total. The lowest BCUT2D eigenvalue weighted by atomic mass is 10.3. The van der Waals surface area contributed by atoms with Crippen molar-refractivity contribution >= 4 is 12.1 Å². The number of hydrogen-bond acceptors (Lipinski definition) is 4. The Kier molecular flexibility index (Phi) is 3.33. The number of carbonyl (C=O) groups is 1. The molecule has 0 radical (unpaired) electrons. The molecule has 20 heavy (non-hydrogen) atoms. The van der Waals surface area contributed by atoms with Crippen molar-refractivity contribution in [2.45, 2.75) is 19.3 Å². The molecule has 5 heteroatoms. The van der Waals surface area contributed by atoms with E-state index in [2.05, 4.69) is 22.4 Å². The molecule has 1 aliphatic carbocycles. The van der Waals surface area contributed by atoms with Crippen molar-refractivity contribution in [3.8, 4) is 0 Å². The van der Waals surface area contributed by atoms with E-state index in [1.54, 1.807) is 18.3 Å². The van der Waals surface area contributed by atoms with Crippen LogP contribution in [-0.4, -0.2) is 17.1 Å². The number of pyridine rings is 1. The molecule has 2 aromatic rings. The van der Waals surface area contributed by atoms with Crippen LogP contribution in [0.5, 0.6) is 0 Å². The van der Waals surface area contributed by atoms with Gasteiger partial charge in [-0.3, -0.25) is 9.78 Å². The Balaban J connectivity index is 1.58. The van der Waals surface area contributed by atoms with Crippen LogP contribution in [0.2, 0.25) is 0 Å². The molecule has 0 aliphatic heterocycles. The van der Waals surface area contributed by atoms with E-state index in [0.717, 1.165) is 5.76 Å². The SMILES string of the molecule is C[C@H]1C[C@H]1c1ccc(/C=N\NC(=O)c2cccnc2)o1. The highest BCUT2D eigenvalue weighted by Crippen LogP contribution is 2.47. The van der Waals surface area contributed by atoms with Gasteiger partial charge in [-0.15, -0.1) is 0 Å². The topological polar surface area (TPSA) is 67.5 Å². The third-order valence-electron chi connectivity index (χ3n) is 3.40. The summed E-state index contributed by atoms with van der Waals surface area (Å²) in [6.07, 6.45) is 5.79. The molecule has 1 amide bonds. The Morgan fingerprint density at radius 3 is 3.05 bits per heavy atom. The van der Waals surface area contributed by atoms with Gasteiger partial charge in [-0.2, -0.15) is 5.10 Å². The predicted octanol–water partition coefficient (Wildman–Crippen LogP) is 2.56. The summed E-state index contributed by atoms with van der Waals surface area (Å²) in [5.74, 6) is 2.60. The van der Waals surface area contributed by atoms with Gasteiger partial charge in [-0.05, 0) is 36.6 Å². The number of hydrogen-bond donors (Lipinski definition) is 1. The minimum absolute atomic E-state index is 0.294. The molecule has 1 fully saturated rings. The summed E-state index contributed by atoms with van der Waals surface area (Å²) < 4.78 is 5.65. The summed E-state index contributed by atoms with van der Waals surface area (Å²) in [7, 11) is 0. The fourth-order valence-electron chi connectivity index (χ4n) is 2.07. The van der Waals surface area contributed by atoms with Crippen LogP contribution < -0.4 is 5.43 Å². The van der Waals surface area contributed by atoms with Crippen molar-refractivity contribution in [3.63, 3.8) is 0 Å². The molecule has 2 atom stereocenters. The lowest BCUT2D eigenvalue weighted by Gasteiger charge is -1.97. The minimum Gasteiger partial charge on any atom is -0.460 e. The van der Waals surface area contributed by atoms with Gasteiger partial charge in [0.25, 0.3) is 5.91 Å². The third kappa shape index (κ3) is 2.77. The number of amides is 1. The first kappa shape index (κ1) is 12.6. The number of carbonyl (C=O) groups excluding carboxylic acids is 1. The van der Waals surface area contributed by atoms with Crippen LogP contribution in [0.3, 0.4) is 0 Å². The van der Waals surface area contributed by atoms with E-state index in [-0.39, 0.29) is 5.91 Å². The lowest BCUT2D eigenvalue weighted by molar-refractivity contribution is 0.0955. The highest BCUT2D eigenvalue weighted by Gasteiger charge is 2.36. The highest BCUT2D eigenvalue weighted by molar-refractivity contribution is 5.94. The average Bonchev–Trinajstić information content (AvgIpc) is 3.01. The normalized spacial score (nSPS) is 21.1. The lowest BCUT2D eigenvalue weighted by Crippen LogP contribution is -2.17. The first-order valence-corrected chi connectivity index (χ1v) is 6.57. The second-order valence-corrected chi connectivity index (χ2v) is 5.00.